The molecule has 0 atom stereocenters. The third kappa shape index (κ3) is 4.78. The number of nitrogens with one attached hydrogen (secondary N) is 1. The van der Waals surface area contributed by atoms with Crippen molar-refractivity contribution in [2.45, 2.75) is 79.1 Å². The zero-order valence-corrected chi connectivity index (χ0v) is 22.7. The molecule has 0 radical (unpaired) electrons. The zero-order chi connectivity index (χ0) is 26.0. The number of aryl methyl sites for hydroxylation is 1. The summed E-state index contributed by atoms with van der Waals surface area (Å²) in [4.78, 5) is 27.6. The molecule has 1 amide bonds. The molecule has 0 saturated carbocycles. The first-order valence-electron chi connectivity index (χ1n) is 13.4. The molecule has 0 bridgehead atoms. The molecule has 1 saturated heterocycles. The van der Waals surface area contributed by atoms with Gasteiger partial charge in [-0.25, -0.2) is 9.98 Å². The first-order valence-corrected chi connectivity index (χ1v) is 13.4. The van der Waals surface area contributed by atoms with Gasteiger partial charge in [-0.05, 0) is 79.3 Å². The highest BCUT2D eigenvalue weighted by atomic mass is 16.2. The Kier molecular flexibility index (Phi) is 7.53. The van der Waals surface area contributed by atoms with Gasteiger partial charge < -0.3 is 15.6 Å². The van der Waals surface area contributed by atoms with Gasteiger partial charge in [0.1, 0.15) is 0 Å². The molecule has 0 unspecified atom stereocenters. The molecule has 3 heterocycles. The smallest absolute Gasteiger partial charge is 0.228 e. The predicted octanol–water partition coefficient (Wildman–Crippen LogP) is 6.81. The number of carbonyl (C=O) groups excluding carboxylic acids is 1. The summed E-state index contributed by atoms with van der Waals surface area (Å²) < 4.78 is 0. The minimum Gasteiger partial charge on any atom is -0.390 e. The number of nitrogens with zero attached hydrogens (tertiary/aromatic N) is 3. The maximum absolute atomic E-state index is 13.1. The second-order valence-corrected chi connectivity index (χ2v) is 10.9. The van der Waals surface area contributed by atoms with Crippen molar-refractivity contribution in [3.05, 3.63) is 47.2 Å². The van der Waals surface area contributed by atoms with Gasteiger partial charge in [0.15, 0.2) is 5.82 Å². The van der Waals surface area contributed by atoms with Crippen LogP contribution in [0.1, 0.15) is 88.8 Å². The van der Waals surface area contributed by atoms with Crippen molar-refractivity contribution in [3.8, 4) is 11.3 Å². The molecule has 192 valence electrons. The maximum atomic E-state index is 13.1. The summed E-state index contributed by atoms with van der Waals surface area (Å²) in [6.07, 6.45) is 6.98. The Balaban J connectivity index is 1.62. The van der Waals surface area contributed by atoms with Gasteiger partial charge in [0.25, 0.3) is 0 Å². The van der Waals surface area contributed by atoms with E-state index in [1.165, 1.54) is 22.9 Å². The fourth-order valence-electron chi connectivity index (χ4n) is 5.57. The van der Waals surface area contributed by atoms with Crippen molar-refractivity contribution in [1.29, 1.82) is 0 Å². The topological polar surface area (TPSA) is 87.4 Å². The van der Waals surface area contributed by atoms with Gasteiger partial charge in [0.2, 0.25) is 5.91 Å². The van der Waals surface area contributed by atoms with E-state index in [0.717, 1.165) is 61.1 Å². The van der Waals surface area contributed by atoms with Crippen molar-refractivity contribution >= 4 is 29.0 Å². The molecular weight excluding hydrogens is 446 g/mol. The Bertz CT molecular complexity index is 1260. The lowest BCUT2D eigenvalue weighted by molar-refractivity contribution is -0.142. The van der Waals surface area contributed by atoms with Crippen LogP contribution in [0.5, 0.6) is 0 Å². The number of pyridine rings is 1. The fraction of sp³-hybridized carbons (Fsp3) is 0.500. The minimum absolute atomic E-state index is 0.235. The summed E-state index contributed by atoms with van der Waals surface area (Å²) in [5.41, 5.74) is 12.2. The van der Waals surface area contributed by atoms with Crippen LogP contribution >= 0.6 is 0 Å². The summed E-state index contributed by atoms with van der Waals surface area (Å²) in [6.45, 7) is 14.5. The van der Waals surface area contributed by atoms with Crippen molar-refractivity contribution in [2.24, 2.45) is 16.1 Å². The molecule has 36 heavy (non-hydrogen) atoms. The summed E-state index contributed by atoms with van der Waals surface area (Å²) in [6, 6.07) is 8.98. The van der Waals surface area contributed by atoms with Crippen LogP contribution < -0.4 is 5.73 Å². The number of likely N-dealkylation sites (tertiary alicyclic amines) is 1. The van der Waals surface area contributed by atoms with Gasteiger partial charge in [0.05, 0.1) is 12.0 Å². The Labute approximate surface area is 215 Å². The second kappa shape index (κ2) is 10.5. The minimum atomic E-state index is -0.235. The number of hydrogen-bond acceptors (Lipinski definition) is 3. The van der Waals surface area contributed by atoms with Crippen LogP contribution in [0, 0.1) is 12.3 Å². The van der Waals surface area contributed by atoms with Crippen LogP contribution in [-0.2, 0) is 4.79 Å². The van der Waals surface area contributed by atoms with Crippen LogP contribution in [0.15, 0.2) is 35.5 Å². The first-order chi connectivity index (χ1) is 17.2. The molecule has 4 rings (SSSR count). The Morgan fingerprint density at radius 3 is 2.53 bits per heavy atom. The number of nitrogens with two attached hydrogens (primary N) is 1. The van der Waals surface area contributed by atoms with Crippen LogP contribution in [0.4, 0.5) is 5.82 Å². The second-order valence-electron chi connectivity index (χ2n) is 10.9. The molecule has 0 spiro atoms. The fourth-order valence-corrected chi connectivity index (χ4v) is 5.57. The maximum Gasteiger partial charge on any atom is 0.228 e. The lowest BCUT2D eigenvalue weighted by Gasteiger charge is -2.38. The third-order valence-corrected chi connectivity index (χ3v) is 8.31. The highest BCUT2D eigenvalue weighted by Gasteiger charge is 2.35. The van der Waals surface area contributed by atoms with E-state index in [1.54, 1.807) is 0 Å². The van der Waals surface area contributed by atoms with E-state index in [1.807, 2.05) is 13.1 Å². The van der Waals surface area contributed by atoms with Gasteiger partial charge >= 0.3 is 0 Å². The van der Waals surface area contributed by atoms with Gasteiger partial charge in [-0.2, -0.15) is 0 Å². The van der Waals surface area contributed by atoms with Gasteiger partial charge in [-0.3, -0.25) is 4.79 Å². The molecule has 6 nitrogen and oxygen atoms in total. The van der Waals surface area contributed by atoms with Gasteiger partial charge in [0, 0.05) is 41.2 Å². The molecule has 0 aliphatic carbocycles. The van der Waals surface area contributed by atoms with Crippen molar-refractivity contribution in [3.63, 3.8) is 0 Å². The van der Waals surface area contributed by atoms with Crippen LogP contribution in [0.25, 0.3) is 22.2 Å². The number of rotatable bonds is 7. The number of H-pyrrole nitrogens is 1. The lowest BCUT2D eigenvalue weighted by Crippen LogP contribution is -2.45. The van der Waals surface area contributed by atoms with E-state index in [0.29, 0.717) is 23.6 Å². The number of benzene rings is 1. The average molecular weight is 488 g/mol. The van der Waals surface area contributed by atoms with E-state index < -0.39 is 0 Å². The van der Waals surface area contributed by atoms with Crippen molar-refractivity contribution in [1.82, 2.24) is 14.9 Å². The Hall–Kier alpha value is -3.15. The SMILES string of the molecule is CCC(C)(CC)C(=O)N1CCC(c2ccc3[nH]c(-c4cnc(N=CN)c(C)c4)c(C(C)C)c3c2)CC1. The van der Waals surface area contributed by atoms with E-state index in [2.05, 4.69) is 78.7 Å². The number of aliphatic imine (C=N–C) groups is 1. The van der Waals surface area contributed by atoms with Crippen molar-refractivity contribution < 1.29 is 4.79 Å². The Morgan fingerprint density at radius 1 is 1.25 bits per heavy atom. The molecule has 1 aliphatic heterocycles. The van der Waals surface area contributed by atoms with E-state index >= 15 is 0 Å². The number of piperidine rings is 1. The molecule has 3 aromatic rings. The number of hydrogen-bond donors (Lipinski definition) is 2. The summed E-state index contributed by atoms with van der Waals surface area (Å²) in [7, 11) is 0. The largest absolute Gasteiger partial charge is 0.390 e. The summed E-state index contributed by atoms with van der Waals surface area (Å²) >= 11 is 0. The number of fused-ring (bicyclic) bond motifs is 1. The van der Waals surface area contributed by atoms with Gasteiger partial charge in [-0.1, -0.05) is 40.7 Å². The van der Waals surface area contributed by atoms with Crippen LogP contribution in [0.3, 0.4) is 0 Å². The quantitative estimate of drug-likeness (QED) is 0.283. The normalized spacial score (nSPS) is 15.5. The van der Waals surface area contributed by atoms with E-state index in [9.17, 15) is 4.79 Å². The van der Waals surface area contributed by atoms with Crippen molar-refractivity contribution in [2.75, 3.05) is 13.1 Å². The molecule has 6 heteroatoms. The summed E-state index contributed by atoms with van der Waals surface area (Å²) in [5.74, 6) is 1.80. The number of carbonyl (C=O) groups is 1. The average Bonchev–Trinajstić information content (AvgIpc) is 3.28. The standard InChI is InChI=1S/C30H41N5O/c1-7-30(6,8-2)29(36)35-13-11-21(12-14-35)22-9-10-25-24(16-22)26(19(3)4)27(34-25)23-15-20(5)28(32-17-23)33-18-31/h9-10,15-19,21,34H,7-8,11-14H2,1-6H3,(H2,31,32,33). The van der Waals surface area contributed by atoms with Crippen LogP contribution in [0.2, 0.25) is 0 Å². The lowest BCUT2D eigenvalue weighted by atomic mass is 9.81. The highest BCUT2D eigenvalue weighted by molar-refractivity contribution is 5.92. The Morgan fingerprint density at radius 2 is 1.94 bits per heavy atom. The monoisotopic (exact) mass is 487 g/mol. The van der Waals surface area contributed by atoms with E-state index in [4.69, 9.17) is 5.73 Å². The molecular formula is C30H41N5O. The first kappa shape index (κ1) is 25.9. The summed E-state index contributed by atoms with van der Waals surface area (Å²) in [5, 5.41) is 1.28. The highest BCUT2D eigenvalue weighted by Crippen LogP contribution is 2.39. The van der Waals surface area contributed by atoms with Gasteiger partial charge in [-0.15, -0.1) is 0 Å². The van der Waals surface area contributed by atoms with Crippen LogP contribution in [-0.4, -0.2) is 40.2 Å². The number of aromatic nitrogens is 2. The molecule has 2 aromatic heterocycles. The molecule has 1 fully saturated rings. The third-order valence-electron chi connectivity index (χ3n) is 8.31. The molecule has 3 N–H and O–H groups in total. The number of amides is 1. The predicted molar refractivity (Wildman–Crippen MR) is 150 cm³/mol. The molecule has 1 aliphatic rings. The molecule has 1 aromatic carbocycles. The van der Waals surface area contributed by atoms with E-state index in [-0.39, 0.29) is 5.41 Å². The number of aromatic amines is 1. The zero-order valence-electron chi connectivity index (χ0n) is 22.7.